The van der Waals surface area contributed by atoms with Gasteiger partial charge in [-0.2, -0.15) is 0 Å². The summed E-state index contributed by atoms with van der Waals surface area (Å²) in [5.41, 5.74) is 0.982. The summed E-state index contributed by atoms with van der Waals surface area (Å²) in [4.78, 5) is 22.7. The van der Waals surface area contributed by atoms with E-state index >= 15 is 0 Å². The predicted octanol–water partition coefficient (Wildman–Crippen LogP) is 1.65. The summed E-state index contributed by atoms with van der Waals surface area (Å²) in [6, 6.07) is 9.02. The molecule has 0 aromatic heterocycles. The first-order valence-corrected chi connectivity index (χ1v) is 8.30. The van der Waals surface area contributed by atoms with Crippen molar-refractivity contribution in [3.05, 3.63) is 35.9 Å². The van der Waals surface area contributed by atoms with Gasteiger partial charge in [0.15, 0.2) is 0 Å². The zero-order chi connectivity index (χ0) is 15.7. The molecule has 6 nitrogen and oxygen atoms in total. The smallest absolute Gasteiger partial charge is 0.267 e. The Morgan fingerprint density at radius 2 is 2.00 bits per heavy atom. The van der Waals surface area contributed by atoms with E-state index in [1.165, 1.54) is 6.92 Å². The molecule has 21 heavy (non-hydrogen) atoms. The van der Waals surface area contributed by atoms with Crippen LogP contribution < -0.4 is 10.2 Å². The molecule has 0 saturated heterocycles. The average molecular weight is 314 g/mol. The van der Waals surface area contributed by atoms with Gasteiger partial charge >= 0.3 is 0 Å². The van der Waals surface area contributed by atoms with Gasteiger partial charge in [-0.3, -0.25) is 9.36 Å². The lowest BCUT2D eigenvalue weighted by Crippen LogP contribution is -2.38. The van der Waals surface area contributed by atoms with E-state index in [0.29, 0.717) is 12.8 Å². The molecule has 1 amide bonds. The van der Waals surface area contributed by atoms with Crippen LogP contribution in [0.4, 0.5) is 0 Å². The number of benzene rings is 1. The first kappa shape index (κ1) is 17.9. The van der Waals surface area contributed by atoms with Gasteiger partial charge in [0, 0.05) is 6.92 Å². The summed E-state index contributed by atoms with van der Waals surface area (Å²) >= 11 is 0. The topological polar surface area (TPSA) is 87.7 Å². The molecule has 0 saturated carbocycles. The van der Waals surface area contributed by atoms with Gasteiger partial charge in [-0.05, 0) is 18.4 Å². The maximum Gasteiger partial charge on any atom is 0.267 e. The largest absolute Gasteiger partial charge is 0.756 e. The Balaban J connectivity index is 2.58. The van der Waals surface area contributed by atoms with Crippen LogP contribution in [0.3, 0.4) is 0 Å². The van der Waals surface area contributed by atoms with Gasteiger partial charge in [-0.25, -0.2) is 0 Å². The summed E-state index contributed by atoms with van der Waals surface area (Å²) in [6.07, 6.45) is 1.06. The van der Waals surface area contributed by atoms with Crippen LogP contribution in [0.15, 0.2) is 30.3 Å². The van der Waals surface area contributed by atoms with Crippen LogP contribution in [0, 0.1) is 0 Å². The highest BCUT2D eigenvalue weighted by atomic mass is 31.2. The molecule has 1 N–H and O–H groups in total. The maximum absolute atomic E-state index is 11.5. The molecule has 118 valence electrons. The number of hydrogen-bond donors (Lipinski definition) is 1. The van der Waals surface area contributed by atoms with Gasteiger partial charge in [0.2, 0.25) is 5.91 Å². The van der Waals surface area contributed by atoms with E-state index in [1.807, 2.05) is 30.3 Å². The standard InChI is InChI=1S/C14H22NO5P/c1-3-9-19-21(17,18)20-11-14(15-12(2)16)10-13-7-5-4-6-8-13/h4-8,14H,3,9-11H2,1-2H3,(H,15,16)(H,17,18)/p-1. The number of phosphoric acid groups is 1. The van der Waals surface area contributed by atoms with Crippen LogP contribution in [0.25, 0.3) is 0 Å². The molecule has 0 aliphatic rings. The summed E-state index contributed by atoms with van der Waals surface area (Å²) in [5.74, 6) is -0.241. The second kappa shape index (κ2) is 8.95. The van der Waals surface area contributed by atoms with Crippen molar-refractivity contribution in [1.82, 2.24) is 5.32 Å². The van der Waals surface area contributed by atoms with E-state index in [2.05, 4.69) is 9.84 Å². The van der Waals surface area contributed by atoms with Crippen molar-refractivity contribution >= 4 is 13.7 Å². The van der Waals surface area contributed by atoms with E-state index in [0.717, 1.165) is 5.56 Å². The summed E-state index contributed by atoms with van der Waals surface area (Å²) in [7, 11) is -4.31. The van der Waals surface area contributed by atoms with Crippen molar-refractivity contribution in [2.24, 2.45) is 0 Å². The third kappa shape index (κ3) is 7.97. The lowest BCUT2D eigenvalue weighted by molar-refractivity contribution is -0.226. The monoisotopic (exact) mass is 314 g/mol. The Bertz CT molecular complexity index is 480. The molecule has 0 fully saturated rings. The molecule has 0 aliphatic heterocycles. The number of carbonyl (C=O) groups excluding carboxylic acids is 1. The molecule has 1 rings (SSSR count). The number of nitrogens with one attached hydrogen (secondary N) is 1. The van der Waals surface area contributed by atoms with Crippen LogP contribution >= 0.6 is 7.82 Å². The molecule has 7 heteroatoms. The van der Waals surface area contributed by atoms with Crippen molar-refractivity contribution in [1.29, 1.82) is 0 Å². The molecule has 2 atom stereocenters. The minimum atomic E-state index is -4.31. The van der Waals surface area contributed by atoms with E-state index in [4.69, 9.17) is 4.52 Å². The Morgan fingerprint density at radius 1 is 1.33 bits per heavy atom. The van der Waals surface area contributed by atoms with E-state index < -0.39 is 13.9 Å². The third-order valence-electron chi connectivity index (χ3n) is 2.62. The number of phosphoric ester groups is 1. The van der Waals surface area contributed by atoms with Crippen molar-refractivity contribution in [2.45, 2.75) is 32.7 Å². The van der Waals surface area contributed by atoms with Gasteiger partial charge in [0.1, 0.15) is 0 Å². The molecule has 0 bridgehead atoms. The Labute approximate surface area is 125 Å². The highest BCUT2D eigenvalue weighted by Crippen LogP contribution is 2.38. The van der Waals surface area contributed by atoms with Gasteiger partial charge in [0.05, 0.1) is 19.3 Å². The SMILES string of the molecule is CCCOP(=O)([O-])OCC(Cc1ccccc1)NC(C)=O. The van der Waals surface area contributed by atoms with Crippen LogP contribution in [0.1, 0.15) is 25.8 Å². The Morgan fingerprint density at radius 3 is 2.57 bits per heavy atom. The average Bonchev–Trinajstić information content (AvgIpc) is 2.43. The molecule has 1 aromatic rings. The molecule has 1 aromatic carbocycles. The second-order valence-corrected chi connectivity index (χ2v) is 6.07. The predicted molar refractivity (Wildman–Crippen MR) is 77.6 cm³/mol. The summed E-state index contributed by atoms with van der Waals surface area (Å²) in [5, 5.41) is 2.68. The number of carbonyl (C=O) groups is 1. The molecule has 0 spiro atoms. The Kier molecular flexibility index (Phi) is 7.61. The van der Waals surface area contributed by atoms with Crippen molar-refractivity contribution in [3.8, 4) is 0 Å². The fraction of sp³-hybridized carbons (Fsp3) is 0.500. The number of hydrogen-bond acceptors (Lipinski definition) is 5. The van der Waals surface area contributed by atoms with Crippen molar-refractivity contribution < 1.29 is 23.3 Å². The number of rotatable bonds is 9. The highest BCUT2D eigenvalue weighted by Gasteiger charge is 2.16. The second-order valence-electron chi connectivity index (χ2n) is 4.66. The van der Waals surface area contributed by atoms with Crippen LogP contribution in [0.5, 0.6) is 0 Å². The van der Waals surface area contributed by atoms with E-state index in [-0.39, 0.29) is 19.1 Å². The molecular weight excluding hydrogens is 293 g/mol. The normalized spacial score (nSPS) is 15.2. The zero-order valence-electron chi connectivity index (χ0n) is 12.3. The van der Waals surface area contributed by atoms with Gasteiger partial charge in [0.25, 0.3) is 7.82 Å². The van der Waals surface area contributed by atoms with Crippen LogP contribution in [-0.4, -0.2) is 25.2 Å². The summed E-state index contributed by atoms with van der Waals surface area (Å²) < 4.78 is 21.0. The quantitative estimate of drug-likeness (QED) is 0.700. The van der Waals surface area contributed by atoms with Gasteiger partial charge < -0.3 is 19.3 Å². The van der Waals surface area contributed by atoms with Crippen molar-refractivity contribution in [2.75, 3.05) is 13.2 Å². The Hall–Kier alpha value is -1.20. The minimum Gasteiger partial charge on any atom is -0.756 e. The maximum atomic E-state index is 11.5. The number of amides is 1. The molecule has 0 radical (unpaired) electrons. The highest BCUT2D eigenvalue weighted by molar-refractivity contribution is 7.45. The first-order chi connectivity index (χ1) is 9.93. The lowest BCUT2D eigenvalue weighted by atomic mass is 10.1. The van der Waals surface area contributed by atoms with Gasteiger partial charge in [-0.15, -0.1) is 0 Å². The molecule has 2 unspecified atom stereocenters. The fourth-order valence-corrected chi connectivity index (χ4v) is 2.60. The van der Waals surface area contributed by atoms with Crippen LogP contribution in [-0.2, 0) is 24.8 Å². The van der Waals surface area contributed by atoms with Gasteiger partial charge in [-0.1, -0.05) is 37.3 Å². The zero-order valence-corrected chi connectivity index (χ0v) is 13.2. The summed E-state index contributed by atoms with van der Waals surface area (Å²) in [6.45, 7) is 3.11. The molecular formula is C14H21NO5P-. The molecule has 0 heterocycles. The lowest BCUT2D eigenvalue weighted by Gasteiger charge is -2.26. The van der Waals surface area contributed by atoms with E-state index in [9.17, 15) is 14.3 Å². The third-order valence-corrected chi connectivity index (χ3v) is 3.58. The molecule has 0 aliphatic carbocycles. The minimum absolute atomic E-state index is 0.0876. The van der Waals surface area contributed by atoms with Crippen LogP contribution in [0.2, 0.25) is 0 Å². The first-order valence-electron chi connectivity index (χ1n) is 6.84. The fourth-order valence-electron chi connectivity index (χ4n) is 1.76. The van der Waals surface area contributed by atoms with E-state index in [1.54, 1.807) is 6.92 Å². The van der Waals surface area contributed by atoms with Crippen molar-refractivity contribution in [3.63, 3.8) is 0 Å².